The molecule has 0 bridgehead atoms. The van der Waals surface area contributed by atoms with Crippen LogP contribution in [0.2, 0.25) is 0 Å². The Hall–Kier alpha value is -1.84. The van der Waals surface area contributed by atoms with E-state index in [0.29, 0.717) is 5.92 Å². The fraction of sp³-hybridized carbons (Fsp3) is 0.500. The van der Waals surface area contributed by atoms with Crippen LogP contribution < -0.4 is 4.74 Å². The SMILES string of the molecule is COc1ccc([C@@H]2[C@@H]3CCCC[C@]3(O)CCN2Cc2ccc(C)cc2)cc1. The number of fused-ring (bicyclic) bond motifs is 1. The summed E-state index contributed by atoms with van der Waals surface area (Å²) in [4.78, 5) is 2.58. The monoisotopic (exact) mass is 365 g/mol. The lowest BCUT2D eigenvalue weighted by Gasteiger charge is -2.52. The molecule has 4 rings (SSSR count). The highest BCUT2D eigenvalue weighted by molar-refractivity contribution is 5.31. The quantitative estimate of drug-likeness (QED) is 0.839. The molecule has 1 saturated heterocycles. The number of nitrogens with zero attached hydrogens (tertiary/aromatic N) is 1. The number of methoxy groups -OCH3 is 1. The summed E-state index contributed by atoms with van der Waals surface area (Å²) in [6.45, 7) is 4.01. The molecule has 1 N–H and O–H groups in total. The maximum absolute atomic E-state index is 11.4. The minimum Gasteiger partial charge on any atom is -0.497 e. The minimum absolute atomic E-state index is 0.260. The summed E-state index contributed by atoms with van der Waals surface area (Å²) in [5.41, 5.74) is 3.44. The predicted molar refractivity (Wildman–Crippen MR) is 109 cm³/mol. The molecule has 0 spiro atoms. The van der Waals surface area contributed by atoms with Crippen LogP contribution in [0.4, 0.5) is 0 Å². The average Bonchev–Trinajstić information content (AvgIpc) is 2.70. The number of ether oxygens (including phenoxy) is 1. The number of hydrogen-bond acceptors (Lipinski definition) is 3. The van der Waals surface area contributed by atoms with E-state index in [4.69, 9.17) is 4.74 Å². The largest absolute Gasteiger partial charge is 0.497 e. The van der Waals surface area contributed by atoms with Crippen molar-refractivity contribution in [3.8, 4) is 5.75 Å². The van der Waals surface area contributed by atoms with Gasteiger partial charge in [-0.15, -0.1) is 0 Å². The van der Waals surface area contributed by atoms with Gasteiger partial charge in [-0.3, -0.25) is 4.90 Å². The Bertz CT molecular complexity index is 755. The maximum Gasteiger partial charge on any atom is 0.118 e. The molecule has 0 amide bonds. The van der Waals surface area contributed by atoms with E-state index >= 15 is 0 Å². The Labute approximate surface area is 163 Å². The third-order valence-corrected chi connectivity index (χ3v) is 6.64. The van der Waals surface area contributed by atoms with Gasteiger partial charge in [0.1, 0.15) is 5.75 Å². The number of aryl methyl sites for hydroxylation is 1. The summed E-state index contributed by atoms with van der Waals surface area (Å²) in [6, 6.07) is 17.6. The van der Waals surface area contributed by atoms with E-state index in [9.17, 15) is 5.11 Å². The topological polar surface area (TPSA) is 32.7 Å². The third kappa shape index (κ3) is 3.76. The normalized spacial score (nSPS) is 28.6. The van der Waals surface area contributed by atoms with E-state index in [0.717, 1.165) is 44.5 Å². The van der Waals surface area contributed by atoms with Crippen LogP contribution in [-0.2, 0) is 6.54 Å². The van der Waals surface area contributed by atoms with Crippen molar-refractivity contribution in [2.24, 2.45) is 5.92 Å². The van der Waals surface area contributed by atoms with Crippen LogP contribution in [0.15, 0.2) is 48.5 Å². The van der Waals surface area contributed by atoms with Crippen LogP contribution in [0.5, 0.6) is 5.75 Å². The first-order valence-electron chi connectivity index (χ1n) is 10.2. The van der Waals surface area contributed by atoms with Crippen molar-refractivity contribution < 1.29 is 9.84 Å². The van der Waals surface area contributed by atoms with Gasteiger partial charge in [-0.25, -0.2) is 0 Å². The van der Waals surface area contributed by atoms with Gasteiger partial charge in [0.25, 0.3) is 0 Å². The van der Waals surface area contributed by atoms with E-state index in [-0.39, 0.29) is 6.04 Å². The lowest BCUT2D eigenvalue weighted by Crippen LogP contribution is -2.54. The summed E-state index contributed by atoms with van der Waals surface area (Å²) < 4.78 is 5.35. The van der Waals surface area contributed by atoms with Crippen molar-refractivity contribution in [2.75, 3.05) is 13.7 Å². The van der Waals surface area contributed by atoms with Crippen molar-refractivity contribution in [1.29, 1.82) is 0 Å². The highest BCUT2D eigenvalue weighted by atomic mass is 16.5. The molecule has 1 aliphatic carbocycles. The zero-order valence-corrected chi connectivity index (χ0v) is 16.5. The highest BCUT2D eigenvalue weighted by Gasteiger charge is 2.48. The summed E-state index contributed by atoms with van der Waals surface area (Å²) in [7, 11) is 1.71. The molecule has 2 aromatic carbocycles. The van der Waals surface area contributed by atoms with Gasteiger partial charge in [0.05, 0.1) is 12.7 Å². The Morgan fingerprint density at radius 3 is 2.48 bits per heavy atom. The van der Waals surface area contributed by atoms with Gasteiger partial charge in [-0.05, 0) is 49.4 Å². The summed E-state index contributed by atoms with van der Waals surface area (Å²) >= 11 is 0. The van der Waals surface area contributed by atoms with E-state index in [1.807, 2.05) is 0 Å². The fourth-order valence-corrected chi connectivity index (χ4v) is 5.09. The van der Waals surface area contributed by atoms with Crippen LogP contribution in [0.3, 0.4) is 0 Å². The number of hydrogen-bond donors (Lipinski definition) is 1. The minimum atomic E-state index is -0.507. The molecule has 2 aromatic rings. The molecule has 0 aromatic heterocycles. The van der Waals surface area contributed by atoms with Crippen molar-refractivity contribution in [3.05, 3.63) is 65.2 Å². The zero-order chi connectivity index (χ0) is 18.9. The van der Waals surface area contributed by atoms with E-state index in [1.54, 1.807) is 7.11 Å². The Balaban J connectivity index is 1.66. The molecule has 3 atom stereocenters. The summed E-state index contributed by atoms with van der Waals surface area (Å²) in [6.07, 6.45) is 5.31. The molecule has 0 unspecified atom stereocenters. The lowest BCUT2D eigenvalue weighted by atomic mass is 9.66. The second-order valence-corrected chi connectivity index (χ2v) is 8.38. The molecule has 27 heavy (non-hydrogen) atoms. The smallest absolute Gasteiger partial charge is 0.118 e. The van der Waals surface area contributed by atoms with Crippen molar-refractivity contribution in [3.63, 3.8) is 0 Å². The van der Waals surface area contributed by atoms with Crippen LogP contribution in [0.25, 0.3) is 0 Å². The first kappa shape index (κ1) is 18.5. The average molecular weight is 366 g/mol. The van der Waals surface area contributed by atoms with Crippen molar-refractivity contribution >= 4 is 0 Å². The van der Waals surface area contributed by atoms with Crippen LogP contribution >= 0.6 is 0 Å². The number of aliphatic hydroxyl groups is 1. The number of rotatable bonds is 4. The highest BCUT2D eigenvalue weighted by Crippen LogP contribution is 2.49. The molecule has 1 saturated carbocycles. The van der Waals surface area contributed by atoms with Crippen molar-refractivity contribution in [1.82, 2.24) is 4.90 Å². The fourth-order valence-electron chi connectivity index (χ4n) is 5.09. The molecule has 1 aliphatic heterocycles. The standard InChI is InChI=1S/C24H31NO2/c1-18-6-8-19(9-7-18)17-25-16-15-24(26)14-4-3-5-22(24)23(25)20-10-12-21(27-2)13-11-20/h6-13,22-23,26H,3-5,14-17H2,1-2H3/t22-,23+,24-/m0/s1. The molecule has 3 heteroatoms. The number of likely N-dealkylation sites (tertiary alicyclic amines) is 1. The predicted octanol–water partition coefficient (Wildman–Crippen LogP) is 4.87. The van der Waals surface area contributed by atoms with E-state index in [1.165, 1.54) is 23.1 Å². The summed E-state index contributed by atoms with van der Waals surface area (Å²) in [5, 5.41) is 11.4. The van der Waals surface area contributed by atoms with Gasteiger partial charge in [0, 0.05) is 25.0 Å². The molecule has 0 radical (unpaired) electrons. The van der Waals surface area contributed by atoms with Gasteiger partial charge in [0.2, 0.25) is 0 Å². The van der Waals surface area contributed by atoms with Crippen LogP contribution in [0.1, 0.15) is 54.8 Å². The van der Waals surface area contributed by atoms with Crippen molar-refractivity contribution in [2.45, 2.75) is 57.2 Å². The third-order valence-electron chi connectivity index (χ3n) is 6.64. The maximum atomic E-state index is 11.4. The van der Waals surface area contributed by atoms with E-state index < -0.39 is 5.60 Å². The molecular formula is C24H31NO2. The number of piperidine rings is 1. The molecule has 3 nitrogen and oxygen atoms in total. The van der Waals surface area contributed by atoms with Gasteiger partial charge >= 0.3 is 0 Å². The molecule has 144 valence electrons. The molecule has 2 fully saturated rings. The Kier molecular flexibility index (Phi) is 5.25. The van der Waals surface area contributed by atoms with Gasteiger partial charge in [-0.2, -0.15) is 0 Å². The van der Waals surface area contributed by atoms with Crippen LogP contribution in [0, 0.1) is 12.8 Å². The Morgan fingerprint density at radius 1 is 1.04 bits per heavy atom. The molecule has 2 aliphatic rings. The van der Waals surface area contributed by atoms with Crippen LogP contribution in [-0.4, -0.2) is 29.3 Å². The first-order chi connectivity index (χ1) is 13.1. The van der Waals surface area contributed by atoms with Gasteiger partial charge < -0.3 is 9.84 Å². The van der Waals surface area contributed by atoms with E-state index in [2.05, 4.69) is 60.4 Å². The lowest BCUT2D eigenvalue weighted by molar-refractivity contribution is -0.126. The molecular weight excluding hydrogens is 334 g/mol. The second-order valence-electron chi connectivity index (χ2n) is 8.38. The first-order valence-corrected chi connectivity index (χ1v) is 10.2. The Morgan fingerprint density at radius 2 is 1.78 bits per heavy atom. The second kappa shape index (κ2) is 7.65. The zero-order valence-electron chi connectivity index (χ0n) is 16.5. The number of benzene rings is 2. The van der Waals surface area contributed by atoms with Gasteiger partial charge in [-0.1, -0.05) is 54.8 Å². The molecule has 1 heterocycles. The van der Waals surface area contributed by atoms with Gasteiger partial charge in [0.15, 0.2) is 0 Å². The summed E-state index contributed by atoms with van der Waals surface area (Å²) in [5.74, 6) is 1.19.